The van der Waals surface area contributed by atoms with Crippen molar-refractivity contribution < 1.29 is 14.3 Å². The molecule has 2 aromatic carbocycles. The van der Waals surface area contributed by atoms with Gasteiger partial charge < -0.3 is 14.4 Å². The zero-order chi connectivity index (χ0) is 19.7. The second-order valence-corrected chi connectivity index (χ2v) is 7.99. The first-order valence-electron chi connectivity index (χ1n) is 10.2. The molecule has 4 heteroatoms. The predicted molar refractivity (Wildman–Crippen MR) is 110 cm³/mol. The number of rotatable bonds is 4. The van der Waals surface area contributed by atoms with E-state index in [9.17, 15) is 4.79 Å². The number of hydrogen-bond acceptors (Lipinski definition) is 3. The summed E-state index contributed by atoms with van der Waals surface area (Å²) in [6, 6.07) is 14.5. The fourth-order valence-electron chi connectivity index (χ4n) is 5.06. The van der Waals surface area contributed by atoms with Crippen LogP contribution in [-0.2, 0) is 16.6 Å². The van der Waals surface area contributed by atoms with E-state index in [1.54, 1.807) is 14.2 Å². The second-order valence-electron chi connectivity index (χ2n) is 7.99. The maximum atomic E-state index is 13.9. The first-order valence-corrected chi connectivity index (χ1v) is 10.2. The van der Waals surface area contributed by atoms with E-state index >= 15 is 0 Å². The van der Waals surface area contributed by atoms with Crippen LogP contribution in [0.25, 0.3) is 0 Å². The lowest BCUT2D eigenvalue weighted by Gasteiger charge is -2.41. The highest BCUT2D eigenvalue weighted by atomic mass is 16.5. The van der Waals surface area contributed by atoms with Crippen molar-refractivity contribution in [3.63, 3.8) is 0 Å². The molecule has 0 unspecified atom stereocenters. The molecule has 2 aromatic rings. The quantitative estimate of drug-likeness (QED) is 0.775. The molecule has 1 amide bonds. The Balaban J connectivity index is 1.69. The molecule has 1 heterocycles. The molecule has 4 rings (SSSR count). The number of carbonyl (C=O) groups excluding carboxylic acids is 1. The lowest BCUT2D eigenvalue weighted by molar-refractivity contribution is -0.140. The van der Waals surface area contributed by atoms with Crippen LogP contribution in [0.5, 0.6) is 11.5 Å². The van der Waals surface area contributed by atoms with Crippen molar-refractivity contribution in [3.8, 4) is 11.5 Å². The van der Waals surface area contributed by atoms with Crippen LogP contribution in [0.15, 0.2) is 42.5 Å². The van der Waals surface area contributed by atoms with Crippen molar-refractivity contribution in [2.24, 2.45) is 0 Å². The van der Waals surface area contributed by atoms with Gasteiger partial charge in [-0.25, -0.2) is 0 Å². The van der Waals surface area contributed by atoms with Crippen molar-refractivity contribution in [3.05, 3.63) is 59.2 Å². The van der Waals surface area contributed by atoms with Crippen molar-refractivity contribution >= 4 is 5.91 Å². The number of amides is 1. The number of fused-ring (bicyclic) bond motifs is 1. The van der Waals surface area contributed by atoms with Gasteiger partial charge >= 0.3 is 0 Å². The number of carbonyl (C=O) groups is 1. The Morgan fingerprint density at radius 1 is 1.04 bits per heavy atom. The normalized spacial score (nSPS) is 20.5. The lowest BCUT2D eigenvalue weighted by Crippen LogP contribution is -2.48. The highest BCUT2D eigenvalue weighted by Crippen LogP contribution is 2.45. The summed E-state index contributed by atoms with van der Waals surface area (Å²) < 4.78 is 11.0. The molecular weight excluding hydrogens is 350 g/mol. The summed E-state index contributed by atoms with van der Waals surface area (Å²) in [5.41, 5.74) is 3.21. The summed E-state index contributed by atoms with van der Waals surface area (Å²) >= 11 is 0. The smallest absolute Gasteiger partial charge is 0.233 e. The molecule has 1 atom stereocenters. The fourth-order valence-corrected chi connectivity index (χ4v) is 5.06. The van der Waals surface area contributed by atoms with E-state index in [-0.39, 0.29) is 17.4 Å². The van der Waals surface area contributed by atoms with Crippen LogP contribution in [0.2, 0.25) is 0 Å². The number of methoxy groups -OCH3 is 2. The summed E-state index contributed by atoms with van der Waals surface area (Å²) in [5, 5.41) is 0. The van der Waals surface area contributed by atoms with Gasteiger partial charge in [-0.2, -0.15) is 0 Å². The van der Waals surface area contributed by atoms with Crippen molar-refractivity contribution in [2.45, 2.75) is 50.5 Å². The van der Waals surface area contributed by atoms with Crippen LogP contribution in [0, 0.1) is 0 Å². The third kappa shape index (κ3) is 2.95. The maximum Gasteiger partial charge on any atom is 0.233 e. The van der Waals surface area contributed by atoms with E-state index in [0.29, 0.717) is 0 Å². The maximum absolute atomic E-state index is 13.9. The molecule has 0 bridgehead atoms. The molecule has 0 aromatic heterocycles. The number of ether oxygens (including phenoxy) is 2. The molecule has 1 aliphatic carbocycles. The minimum atomic E-state index is -0.371. The summed E-state index contributed by atoms with van der Waals surface area (Å²) in [7, 11) is 3.32. The lowest BCUT2D eigenvalue weighted by atomic mass is 9.76. The summed E-state index contributed by atoms with van der Waals surface area (Å²) in [4.78, 5) is 16.0. The third-order valence-corrected chi connectivity index (χ3v) is 6.64. The van der Waals surface area contributed by atoms with Crippen LogP contribution in [0.1, 0.15) is 55.3 Å². The summed E-state index contributed by atoms with van der Waals surface area (Å²) in [6.07, 6.45) is 4.96. The molecule has 0 saturated heterocycles. The Hall–Kier alpha value is -2.49. The molecule has 4 nitrogen and oxygen atoms in total. The van der Waals surface area contributed by atoms with E-state index in [1.165, 1.54) is 16.7 Å². The first kappa shape index (κ1) is 18.9. The van der Waals surface area contributed by atoms with Gasteiger partial charge in [-0.15, -0.1) is 0 Å². The van der Waals surface area contributed by atoms with E-state index in [2.05, 4.69) is 42.2 Å². The van der Waals surface area contributed by atoms with Gasteiger partial charge in [0, 0.05) is 6.54 Å². The monoisotopic (exact) mass is 379 g/mol. The summed E-state index contributed by atoms with van der Waals surface area (Å²) in [6.45, 7) is 2.88. The molecule has 1 saturated carbocycles. The van der Waals surface area contributed by atoms with E-state index < -0.39 is 0 Å². The van der Waals surface area contributed by atoms with Crippen LogP contribution >= 0.6 is 0 Å². The molecule has 1 fully saturated rings. The van der Waals surface area contributed by atoms with Gasteiger partial charge in [-0.3, -0.25) is 4.79 Å². The third-order valence-electron chi connectivity index (χ3n) is 6.64. The largest absolute Gasteiger partial charge is 0.493 e. The minimum absolute atomic E-state index is 0.0252. The Kier molecular flexibility index (Phi) is 5.05. The van der Waals surface area contributed by atoms with Crippen molar-refractivity contribution in [2.75, 3.05) is 20.8 Å². The molecule has 1 aliphatic heterocycles. The minimum Gasteiger partial charge on any atom is -0.493 e. The number of benzene rings is 2. The van der Waals surface area contributed by atoms with Gasteiger partial charge in [0.05, 0.1) is 25.7 Å². The second kappa shape index (κ2) is 7.50. The molecule has 2 aliphatic rings. The zero-order valence-electron chi connectivity index (χ0n) is 17.0. The highest BCUT2D eigenvalue weighted by Gasteiger charge is 2.46. The van der Waals surface area contributed by atoms with Gasteiger partial charge in [-0.05, 0) is 55.0 Å². The van der Waals surface area contributed by atoms with E-state index in [0.717, 1.165) is 50.1 Å². The molecular formula is C24H29NO3. The van der Waals surface area contributed by atoms with E-state index in [1.807, 2.05) is 12.1 Å². The SMILES string of the molecule is COc1cc2c(cc1OC)[C@@H](C)N(C(=O)C1(c3ccccc3)CCCC1)CC2. The number of nitrogens with zero attached hydrogens (tertiary/aromatic N) is 1. The van der Waals surface area contributed by atoms with Crippen molar-refractivity contribution in [1.29, 1.82) is 0 Å². The highest BCUT2D eigenvalue weighted by molar-refractivity contribution is 5.89. The van der Waals surface area contributed by atoms with Gasteiger partial charge in [0.25, 0.3) is 0 Å². The topological polar surface area (TPSA) is 38.8 Å². The van der Waals surface area contributed by atoms with Gasteiger partial charge in [0.2, 0.25) is 5.91 Å². The van der Waals surface area contributed by atoms with Crippen LogP contribution < -0.4 is 9.47 Å². The molecule has 148 valence electrons. The average Bonchev–Trinajstić information content (AvgIpc) is 3.24. The Bertz CT molecular complexity index is 856. The zero-order valence-corrected chi connectivity index (χ0v) is 17.0. The van der Waals surface area contributed by atoms with Crippen LogP contribution in [0.3, 0.4) is 0 Å². The molecule has 28 heavy (non-hydrogen) atoms. The predicted octanol–water partition coefficient (Wildman–Crippen LogP) is 4.66. The Morgan fingerprint density at radius 2 is 1.68 bits per heavy atom. The fraction of sp³-hybridized carbons (Fsp3) is 0.458. The summed E-state index contributed by atoms with van der Waals surface area (Å²) in [5.74, 6) is 1.76. The van der Waals surface area contributed by atoms with Gasteiger partial charge in [0.15, 0.2) is 11.5 Å². The Morgan fingerprint density at radius 3 is 2.32 bits per heavy atom. The Labute approximate surface area is 167 Å². The molecule has 0 N–H and O–H groups in total. The molecule has 0 radical (unpaired) electrons. The standard InChI is InChI=1S/C24H29NO3/c1-17-20-16-22(28-3)21(27-2)15-18(20)11-14-25(17)23(26)24(12-7-8-13-24)19-9-5-4-6-10-19/h4-6,9-10,15-17H,7-8,11-14H2,1-3H3/t17-/m1/s1. The van der Waals surface area contributed by atoms with Gasteiger partial charge in [0.1, 0.15) is 0 Å². The van der Waals surface area contributed by atoms with Crippen LogP contribution in [0.4, 0.5) is 0 Å². The number of hydrogen-bond donors (Lipinski definition) is 0. The van der Waals surface area contributed by atoms with Gasteiger partial charge in [-0.1, -0.05) is 43.2 Å². The first-order chi connectivity index (χ1) is 13.6. The van der Waals surface area contributed by atoms with E-state index in [4.69, 9.17) is 9.47 Å². The average molecular weight is 380 g/mol. The molecule has 0 spiro atoms. The van der Waals surface area contributed by atoms with Crippen LogP contribution in [-0.4, -0.2) is 31.6 Å². The van der Waals surface area contributed by atoms with Crippen molar-refractivity contribution in [1.82, 2.24) is 4.90 Å².